The second-order valence-electron chi connectivity index (χ2n) is 8.23. The summed E-state index contributed by atoms with van der Waals surface area (Å²) >= 11 is 0. The molecule has 9 nitrogen and oxygen atoms in total. The average molecular weight is 446 g/mol. The lowest BCUT2D eigenvalue weighted by molar-refractivity contribution is -0.141. The van der Waals surface area contributed by atoms with Gasteiger partial charge < -0.3 is 5.11 Å². The second kappa shape index (κ2) is 10.2. The van der Waals surface area contributed by atoms with E-state index < -0.39 is 11.9 Å². The fourth-order valence-electron chi connectivity index (χ4n) is 4.12. The third kappa shape index (κ3) is 5.14. The summed E-state index contributed by atoms with van der Waals surface area (Å²) in [7, 11) is 0. The number of benzene rings is 2. The zero-order valence-electron chi connectivity index (χ0n) is 18.7. The van der Waals surface area contributed by atoms with Gasteiger partial charge in [-0.1, -0.05) is 68.8 Å². The van der Waals surface area contributed by atoms with E-state index in [4.69, 9.17) is 0 Å². The highest BCUT2D eigenvalue weighted by atomic mass is 16.4. The number of H-pyrrole nitrogens is 1. The monoisotopic (exact) mass is 445 g/mol. The predicted molar refractivity (Wildman–Crippen MR) is 123 cm³/mol. The zero-order valence-corrected chi connectivity index (χ0v) is 18.7. The summed E-state index contributed by atoms with van der Waals surface area (Å²) in [6, 6.07) is 16.3. The number of nitrogens with one attached hydrogen (secondary N) is 1. The number of aromatic nitrogens is 7. The van der Waals surface area contributed by atoms with Crippen molar-refractivity contribution >= 4 is 5.97 Å². The minimum atomic E-state index is -0.779. The highest BCUT2D eigenvalue weighted by molar-refractivity contribution is 5.80. The molecule has 2 unspecified atom stereocenters. The summed E-state index contributed by atoms with van der Waals surface area (Å²) in [5.41, 5.74) is 4.12. The van der Waals surface area contributed by atoms with Gasteiger partial charge >= 0.3 is 5.97 Å². The van der Waals surface area contributed by atoms with Gasteiger partial charge in [0.15, 0.2) is 5.82 Å². The Balaban J connectivity index is 1.55. The maximum atomic E-state index is 11.4. The molecule has 0 aliphatic carbocycles. The van der Waals surface area contributed by atoms with Gasteiger partial charge in [-0.05, 0) is 40.0 Å². The molecule has 2 atom stereocenters. The highest BCUT2D eigenvalue weighted by Gasteiger charge is 2.23. The molecular formula is C24H27N7O2. The third-order valence-corrected chi connectivity index (χ3v) is 5.83. The van der Waals surface area contributed by atoms with E-state index in [1.807, 2.05) is 28.9 Å². The first-order valence-electron chi connectivity index (χ1n) is 11.1. The van der Waals surface area contributed by atoms with Crippen LogP contribution >= 0.6 is 0 Å². The Morgan fingerprint density at radius 3 is 2.55 bits per heavy atom. The van der Waals surface area contributed by atoms with Crippen LogP contribution < -0.4 is 0 Å². The van der Waals surface area contributed by atoms with Crippen LogP contribution in [0.4, 0.5) is 0 Å². The molecule has 4 aromatic rings. The summed E-state index contributed by atoms with van der Waals surface area (Å²) in [5, 5.41) is 28.0. The maximum Gasteiger partial charge on any atom is 0.306 e. The van der Waals surface area contributed by atoms with Crippen LogP contribution in [0.25, 0.3) is 22.5 Å². The minimum absolute atomic E-state index is 0.0604. The van der Waals surface area contributed by atoms with Gasteiger partial charge in [-0.15, -0.1) is 5.10 Å². The van der Waals surface area contributed by atoms with Crippen LogP contribution in [0.2, 0.25) is 0 Å². The van der Waals surface area contributed by atoms with E-state index in [9.17, 15) is 9.90 Å². The van der Waals surface area contributed by atoms with Crippen molar-refractivity contribution in [2.24, 2.45) is 5.92 Å². The largest absolute Gasteiger partial charge is 0.481 e. The maximum absolute atomic E-state index is 11.4. The van der Waals surface area contributed by atoms with Gasteiger partial charge in [0.2, 0.25) is 0 Å². The molecular weight excluding hydrogens is 418 g/mol. The van der Waals surface area contributed by atoms with E-state index in [1.54, 1.807) is 13.3 Å². The summed E-state index contributed by atoms with van der Waals surface area (Å²) in [6.45, 7) is 4.42. The van der Waals surface area contributed by atoms with E-state index in [1.165, 1.54) is 0 Å². The number of aromatic amines is 1. The molecule has 2 N–H and O–H groups in total. The van der Waals surface area contributed by atoms with E-state index >= 15 is 0 Å². The number of hydrogen-bond acceptors (Lipinski definition) is 6. The van der Waals surface area contributed by atoms with Gasteiger partial charge in [-0.2, -0.15) is 5.10 Å². The number of aliphatic carboxylic acids is 1. The third-order valence-electron chi connectivity index (χ3n) is 5.83. The number of tetrazole rings is 1. The smallest absolute Gasteiger partial charge is 0.306 e. The molecule has 0 saturated carbocycles. The fraction of sp³-hybridized carbons (Fsp3) is 0.333. The number of carbonyl (C=O) groups is 1. The second-order valence-corrected chi connectivity index (χ2v) is 8.23. The SMILES string of the molecule is CCCC(CC(C)C(=O)O)c1ncnn1Cc1ccc(-c2ccccc2-c2nnn[nH]2)cc1. The Kier molecular flexibility index (Phi) is 6.87. The molecule has 170 valence electrons. The molecule has 0 aliphatic rings. The van der Waals surface area contributed by atoms with Gasteiger partial charge in [0.25, 0.3) is 0 Å². The number of nitrogens with zero attached hydrogens (tertiary/aromatic N) is 6. The van der Waals surface area contributed by atoms with E-state index in [-0.39, 0.29) is 5.92 Å². The molecule has 2 aromatic heterocycles. The summed E-state index contributed by atoms with van der Waals surface area (Å²) in [4.78, 5) is 15.9. The molecule has 2 heterocycles. The van der Waals surface area contributed by atoms with Gasteiger partial charge in [0.05, 0.1) is 12.5 Å². The van der Waals surface area contributed by atoms with Crippen molar-refractivity contribution in [2.75, 3.05) is 0 Å². The lowest BCUT2D eigenvalue weighted by Gasteiger charge is -2.19. The standard InChI is InChI=1S/C24H27N7O2/c1-3-6-19(13-16(2)24(32)33)23-25-15-26-31(23)14-17-9-11-18(12-10-17)20-7-4-5-8-21(20)22-27-29-30-28-22/h4-5,7-12,15-16,19H,3,6,13-14H2,1-2H3,(H,32,33)(H,27,28,29,30). The summed E-state index contributed by atoms with van der Waals surface area (Å²) in [6.07, 6.45) is 3.94. The quantitative estimate of drug-likeness (QED) is 0.376. The van der Waals surface area contributed by atoms with Crippen molar-refractivity contribution in [3.8, 4) is 22.5 Å². The lowest BCUT2D eigenvalue weighted by atomic mass is 9.91. The number of carboxylic acid groups (broad SMARTS) is 1. The van der Waals surface area contributed by atoms with Gasteiger partial charge in [0.1, 0.15) is 12.2 Å². The summed E-state index contributed by atoms with van der Waals surface area (Å²) < 4.78 is 1.89. The summed E-state index contributed by atoms with van der Waals surface area (Å²) in [5.74, 6) is 0.326. The van der Waals surface area contributed by atoms with Gasteiger partial charge in [-0.3, -0.25) is 4.79 Å². The Bertz CT molecular complexity index is 1190. The Morgan fingerprint density at radius 2 is 1.88 bits per heavy atom. The molecule has 2 aromatic carbocycles. The van der Waals surface area contributed by atoms with Crippen LogP contribution in [0.1, 0.15) is 50.4 Å². The van der Waals surface area contributed by atoms with Crippen LogP contribution in [0.15, 0.2) is 54.9 Å². The van der Waals surface area contributed by atoms with Crippen molar-refractivity contribution in [1.82, 2.24) is 35.4 Å². The van der Waals surface area contributed by atoms with Gasteiger partial charge in [0, 0.05) is 11.5 Å². The first-order chi connectivity index (χ1) is 16.1. The minimum Gasteiger partial charge on any atom is -0.481 e. The Labute approximate surface area is 191 Å². The number of carboxylic acids is 1. The molecule has 0 saturated heterocycles. The molecule has 4 rings (SSSR count). The molecule has 0 aliphatic heterocycles. The van der Waals surface area contributed by atoms with E-state index in [2.05, 4.69) is 61.9 Å². The van der Waals surface area contributed by atoms with Crippen LogP contribution in [-0.2, 0) is 11.3 Å². The van der Waals surface area contributed by atoms with Crippen molar-refractivity contribution in [3.63, 3.8) is 0 Å². The van der Waals surface area contributed by atoms with Crippen molar-refractivity contribution in [1.29, 1.82) is 0 Å². The van der Waals surface area contributed by atoms with E-state index in [0.717, 1.165) is 40.9 Å². The zero-order chi connectivity index (χ0) is 23.2. The molecule has 0 spiro atoms. The molecule has 0 radical (unpaired) electrons. The fourth-order valence-corrected chi connectivity index (χ4v) is 4.12. The van der Waals surface area contributed by atoms with Crippen LogP contribution in [0, 0.1) is 5.92 Å². The van der Waals surface area contributed by atoms with Crippen LogP contribution in [0.3, 0.4) is 0 Å². The Morgan fingerprint density at radius 1 is 1.12 bits per heavy atom. The van der Waals surface area contributed by atoms with Crippen LogP contribution in [0.5, 0.6) is 0 Å². The molecule has 0 amide bonds. The first kappa shape index (κ1) is 22.3. The van der Waals surface area contributed by atoms with E-state index in [0.29, 0.717) is 18.8 Å². The predicted octanol–water partition coefficient (Wildman–Crippen LogP) is 4.17. The van der Waals surface area contributed by atoms with Gasteiger partial charge in [-0.25, -0.2) is 14.8 Å². The molecule has 0 bridgehead atoms. The molecule has 9 heteroatoms. The van der Waals surface area contributed by atoms with Crippen LogP contribution in [-0.4, -0.2) is 46.5 Å². The molecule has 33 heavy (non-hydrogen) atoms. The molecule has 0 fully saturated rings. The highest BCUT2D eigenvalue weighted by Crippen LogP contribution is 2.30. The number of hydrogen-bond donors (Lipinski definition) is 2. The topological polar surface area (TPSA) is 122 Å². The van der Waals surface area contributed by atoms with Crippen molar-refractivity contribution in [3.05, 3.63) is 66.2 Å². The lowest BCUT2D eigenvalue weighted by Crippen LogP contribution is -2.18. The number of rotatable bonds is 10. The Hall–Kier alpha value is -3.88. The average Bonchev–Trinajstić information content (AvgIpc) is 3.52. The normalized spacial score (nSPS) is 13.0. The first-order valence-corrected chi connectivity index (χ1v) is 11.1. The van der Waals surface area contributed by atoms with Crippen molar-refractivity contribution in [2.45, 2.75) is 45.6 Å². The van der Waals surface area contributed by atoms with Crippen molar-refractivity contribution < 1.29 is 9.90 Å².